The Balaban J connectivity index is 0.00000240. The topological polar surface area (TPSA) is 122 Å². The van der Waals surface area contributed by atoms with Crippen LogP contribution in [0.3, 0.4) is 0 Å². The van der Waals surface area contributed by atoms with E-state index in [0.29, 0.717) is 35.0 Å². The third-order valence-electron chi connectivity index (χ3n) is 7.22. The van der Waals surface area contributed by atoms with Crippen molar-refractivity contribution in [2.45, 2.75) is 36.3 Å². The van der Waals surface area contributed by atoms with Gasteiger partial charge in [0.15, 0.2) is 0 Å². The molecule has 1 aromatic rings. The molecule has 6 N–H and O–H groups in total. The number of phenols is 1. The summed E-state index contributed by atoms with van der Waals surface area (Å²) in [6, 6.07) is 3.30. The van der Waals surface area contributed by atoms with E-state index in [4.69, 9.17) is 11.6 Å². The number of amides is 1. The van der Waals surface area contributed by atoms with Gasteiger partial charge in [0.1, 0.15) is 17.4 Å². The summed E-state index contributed by atoms with van der Waals surface area (Å²) < 4.78 is 0.652. The number of quaternary nitrogens is 1. The van der Waals surface area contributed by atoms with E-state index in [1.807, 2.05) is 12.1 Å². The molecular weight excluding hydrogens is 445 g/mol. The van der Waals surface area contributed by atoms with Crippen LogP contribution in [0.1, 0.15) is 34.3 Å². The summed E-state index contributed by atoms with van der Waals surface area (Å²) in [5, 5.41) is 27.0. The van der Waals surface area contributed by atoms with Crippen LogP contribution in [0, 0.1) is 0 Å². The maximum absolute atomic E-state index is 12.1. The summed E-state index contributed by atoms with van der Waals surface area (Å²) in [7, 11) is 2.14. The number of primary amides is 1. The number of likely N-dealkylation sites (tertiary alicyclic amines) is 1. The Bertz CT molecular complexity index is 946. The third-order valence-corrected chi connectivity index (χ3v) is 7.22. The van der Waals surface area contributed by atoms with E-state index in [9.17, 15) is 15.0 Å². The molecule has 0 spiro atoms. The van der Waals surface area contributed by atoms with Crippen LogP contribution in [0.15, 0.2) is 42.0 Å². The number of likely N-dealkylation sites (N-methyl/N-ethyl adjacent to an activating group) is 1. The number of hydrogen-bond acceptors (Lipinski definition) is 5. The minimum Gasteiger partial charge on any atom is -0.507 e. The molecule has 4 rings (SSSR count). The predicted molar refractivity (Wildman–Crippen MR) is 107 cm³/mol. The van der Waals surface area contributed by atoms with Crippen LogP contribution in [-0.4, -0.2) is 58.1 Å². The molecule has 7 nitrogen and oxygen atoms in total. The summed E-state index contributed by atoms with van der Waals surface area (Å²) >= 11 is 0. The van der Waals surface area contributed by atoms with E-state index in [2.05, 4.69) is 18.7 Å². The molecule has 151 valence electrons. The van der Waals surface area contributed by atoms with Crippen molar-refractivity contribution >= 4 is 11.6 Å². The fourth-order valence-corrected chi connectivity index (χ4v) is 5.82. The van der Waals surface area contributed by atoms with Gasteiger partial charge in [-0.1, -0.05) is 12.6 Å². The number of hydrazone groups is 1. The molecule has 1 radical (unpaired) electrons. The van der Waals surface area contributed by atoms with E-state index in [1.54, 1.807) is 18.2 Å². The molecule has 1 aromatic carbocycles. The number of nitrogens with zero attached hydrogens (tertiary/aromatic N) is 2. The predicted octanol–water partition coefficient (Wildman–Crippen LogP) is 0.693. The first-order chi connectivity index (χ1) is 13.2. The number of benzene rings is 1. The molecule has 0 aromatic heterocycles. The van der Waals surface area contributed by atoms with Gasteiger partial charge >= 0.3 is 0 Å². The molecule has 2 aliphatic carbocycles. The molecule has 1 fully saturated rings. The zero-order valence-corrected chi connectivity index (χ0v) is 19.5. The van der Waals surface area contributed by atoms with Gasteiger partial charge in [-0.25, -0.2) is 0 Å². The molecule has 1 heterocycles. The van der Waals surface area contributed by atoms with Gasteiger partial charge in [-0.05, 0) is 29.9 Å². The average Bonchev–Trinajstić information content (AvgIpc) is 2.64. The van der Waals surface area contributed by atoms with Gasteiger partial charge in [-0.15, -0.1) is 0 Å². The van der Waals surface area contributed by atoms with Crippen LogP contribution in [0.4, 0.5) is 0 Å². The molecular formula is C21H27N4O3Y+. The van der Waals surface area contributed by atoms with Gasteiger partial charge in [0.2, 0.25) is 0 Å². The van der Waals surface area contributed by atoms with Crippen molar-refractivity contribution in [1.29, 1.82) is 0 Å². The summed E-state index contributed by atoms with van der Waals surface area (Å²) in [4.78, 5) is 11.9. The van der Waals surface area contributed by atoms with Crippen molar-refractivity contribution in [2.24, 2.45) is 16.7 Å². The van der Waals surface area contributed by atoms with E-state index in [-0.39, 0.29) is 50.1 Å². The zero-order chi connectivity index (χ0) is 20.3. The van der Waals surface area contributed by atoms with Crippen LogP contribution in [-0.2, 0) is 44.5 Å². The zero-order valence-electron chi connectivity index (χ0n) is 16.6. The number of carbonyl (C=O) groups is 1. The van der Waals surface area contributed by atoms with Crippen LogP contribution < -0.4 is 11.6 Å². The summed E-state index contributed by atoms with van der Waals surface area (Å²) in [6.45, 7) is 5.43. The molecule has 3 aliphatic rings. The van der Waals surface area contributed by atoms with Crippen LogP contribution in [0.25, 0.3) is 0 Å². The maximum atomic E-state index is 12.1. The monoisotopic (exact) mass is 472 g/mol. The van der Waals surface area contributed by atoms with Crippen molar-refractivity contribution in [2.75, 3.05) is 20.1 Å². The number of aliphatic hydroxyl groups is 1. The second kappa shape index (κ2) is 7.31. The minimum atomic E-state index is -1.21. The third kappa shape index (κ3) is 2.86. The van der Waals surface area contributed by atoms with Gasteiger partial charge in [0, 0.05) is 63.0 Å². The van der Waals surface area contributed by atoms with Crippen molar-refractivity contribution < 1.29 is 52.2 Å². The Kier molecular flexibility index (Phi) is 5.58. The molecule has 1 saturated heterocycles. The Hall–Kier alpha value is -1.54. The number of carbonyl (C=O) groups excluding carboxylic acids is 1. The quantitative estimate of drug-likeness (QED) is 0.224. The summed E-state index contributed by atoms with van der Waals surface area (Å²) in [5.74, 6) is 4.75. The van der Waals surface area contributed by atoms with Gasteiger partial charge in [-0.2, -0.15) is 5.10 Å². The number of rotatable bonds is 3. The number of aromatic hydroxyl groups is 1. The van der Waals surface area contributed by atoms with Crippen molar-refractivity contribution in [3.8, 4) is 5.75 Å². The maximum Gasteiger partial charge on any atom is 0.252 e. The molecule has 0 saturated carbocycles. The SMILES string of the molecule is C=CC[N+]1(C)CC[C@]23C/C(=N/N)C=C[C@@]2(O)[C@H]1Cc1ccc(C(N)=O)c(O)c13.[Y]. The standard InChI is InChI=1S/C21H26N4O3.Y/c1-3-9-25(2)10-8-20-12-14(24-23)6-7-21(20,28)16(25)11-13-4-5-15(19(22)27)18(26)17(13)20;/h3-7,16,28H,1,8-12,23H2,2H3,(H2-,22,26,27);/p+1/b24-14+;/t16-,20-,21-,25?;/m1./s1. The number of fused-ring (bicyclic) bond motifs is 1. The second-order valence-corrected chi connectivity index (χ2v) is 8.54. The van der Waals surface area contributed by atoms with Crippen molar-refractivity contribution in [3.05, 3.63) is 53.6 Å². The van der Waals surface area contributed by atoms with Gasteiger partial charge in [0.05, 0.1) is 31.4 Å². The Morgan fingerprint density at radius 2 is 2.21 bits per heavy atom. The van der Waals surface area contributed by atoms with Crippen LogP contribution >= 0.6 is 0 Å². The Morgan fingerprint density at radius 1 is 1.48 bits per heavy atom. The molecule has 1 amide bonds. The Morgan fingerprint density at radius 3 is 2.83 bits per heavy atom. The normalized spacial score (nSPS) is 35.9. The Labute approximate surface area is 195 Å². The second-order valence-electron chi connectivity index (χ2n) is 8.54. The fourth-order valence-electron chi connectivity index (χ4n) is 5.82. The van der Waals surface area contributed by atoms with E-state index >= 15 is 0 Å². The van der Waals surface area contributed by atoms with E-state index in [0.717, 1.165) is 18.7 Å². The smallest absolute Gasteiger partial charge is 0.252 e. The van der Waals surface area contributed by atoms with Gasteiger partial charge in [-0.3, -0.25) is 4.79 Å². The van der Waals surface area contributed by atoms with Crippen molar-refractivity contribution in [1.82, 2.24) is 0 Å². The number of nitrogens with two attached hydrogens (primary N) is 2. The first-order valence-corrected chi connectivity index (χ1v) is 9.51. The molecule has 4 atom stereocenters. The number of hydrogen-bond donors (Lipinski definition) is 4. The molecule has 29 heavy (non-hydrogen) atoms. The van der Waals surface area contributed by atoms with E-state index in [1.165, 1.54) is 0 Å². The molecule has 2 bridgehead atoms. The van der Waals surface area contributed by atoms with E-state index < -0.39 is 16.9 Å². The average molecular weight is 472 g/mol. The van der Waals surface area contributed by atoms with Crippen LogP contribution in [0.2, 0.25) is 0 Å². The number of piperidine rings is 1. The first kappa shape index (κ1) is 22.2. The van der Waals surface area contributed by atoms with Gasteiger partial charge in [0.25, 0.3) is 5.91 Å². The molecule has 1 unspecified atom stereocenters. The van der Waals surface area contributed by atoms with Crippen molar-refractivity contribution in [3.63, 3.8) is 0 Å². The molecule has 8 heteroatoms. The fraction of sp³-hybridized carbons (Fsp3) is 0.429. The number of allylic oxidation sites excluding steroid dienone is 1. The summed E-state index contributed by atoms with van der Waals surface area (Å²) in [5.41, 5.74) is 5.72. The first-order valence-electron chi connectivity index (χ1n) is 9.51. The minimum absolute atomic E-state index is 0. The van der Waals surface area contributed by atoms with Crippen LogP contribution in [0.5, 0.6) is 5.75 Å². The largest absolute Gasteiger partial charge is 0.507 e. The van der Waals surface area contributed by atoms with Gasteiger partial charge < -0.3 is 26.3 Å². The molecule has 1 aliphatic heterocycles. The summed E-state index contributed by atoms with van der Waals surface area (Å²) in [6.07, 6.45) is 7.02.